The van der Waals surface area contributed by atoms with Crippen molar-refractivity contribution in [3.05, 3.63) is 47.3 Å². The van der Waals surface area contributed by atoms with E-state index in [1.165, 1.54) is 24.8 Å². The van der Waals surface area contributed by atoms with Crippen LogP contribution >= 0.6 is 0 Å². The Morgan fingerprint density at radius 2 is 2.22 bits per heavy atom. The highest BCUT2D eigenvalue weighted by Gasteiger charge is 2.56. The second-order valence-corrected chi connectivity index (χ2v) is 9.14. The quantitative estimate of drug-likeness (QED) is 0.885. The van der Waals surface area contributed by atoms with Gasteiger partial charge >= 0.3 is 0 Å². The number of allylic oxidation sites excluding steroid dienone is 1. The highest BCUT2D eigenvalue weighted by Crippen LogP contribution is 2.53. The van der Waals surface area contributed by atoms with Gasteiger partial charge in [-0.25, -0.2) is 0 Å². The van der Waals surface area contributed by atoms with Gasteiger partial charge in [0.25, 0.3) is 0 Å². The molecular weight excluding hydrogens is 338 g/mol. The molecule has 4 fully saturated rings. The number of ether oxygens (including phenoxy) is 1. The van der Waals surface area contributed by atoms with Crippen molar-refractivity contribution < 1.29 is 9.15 Å². The number of furan rings is 1. The Labute approximate surface area is 161 Å². The summed E-state index contributed by atoms with van der Waals surface area (Å²) in [5, 5.41) is 3.42. The second-order valence-electron chi connectivity index (χ2n) is 9.14. The SMILES string of the molecule is CN(Cc1ccc(C2CC3CCN2C[C@@]32CC3=C(NCC=C3)O2)o1)C1CC1. The average Bonchev–Trinajstić information content (AvgIpc) is 3.33. The van der Waals surface area contributed by atoms with Crippen molar-refractivity contribution in [3.63, 3.8) is 0 Å². The first kappa shape index (κ1) is 16.3. The maximum absolute atomic E-state index is 6.54. The highest BCUT2D eigenvalue weighted by atomic mass is 16.5. The molecule has 3 saturated heterocycles. The molecule has 7 rings (SSSR count). The van der Waals surface area contributed by atoms with E-state index >= 15 is 0 Å². The average molecular weight is 367 g/mol. The third-order valence-corrected chi connectivity index (χ3v) is 7.30. The minimum atomic E-state index is -0.0251. The van der Waals surface area contributed by atoms with Crippen molar-refractivity contribution in [2.24, 2.45) is 5.92 Å². The number of fused-ring (bicyclic) bond motifs is 2. The third kappa shape index (κ3) is 2.66. The molecule has 27 heavy (non-hydrogen) atoms. The van der Waals surface area contributed by atoms with Gasteiger partial charge < -0.3 is 14.5 Å². The summed E-state index contributed by atoms with van der Waals surface area (Å²) in [5.74, 6) is 3.91. The van der Waals surface area contributed by atoms with Crippen molar-refractivity contribution in [1.29, 1.82) is 0 Å². The zero-order valence-corrected chi connectivity index (χ0v) is 16.1. The Kier molecular flexibility index (Phi) is 3.54. The summed E-state index contributed by atoms with van der Waals surface area (Å²) in [6, 6.07) is 5.60. The fourth-order valence-electron chi connectivity index (χ4n) is 5.66. The topological polar surface area (TPSA) is 40.9 Å². The lowest BCUT2D eigenvalue weighted by atomic mass is 9.70. The van der Waals surface area contributed by atoms with Crippen molar-refractivity contribution >= 4 is 0 Å². The first-order valence-corrected chi connectivity index (χ1v) is 10.6. The van der Waals surface area contributed by atoms with Crippen molar-refractivity contribution in [2.75, 3.05) is 26.7 Å². The molecule has 2 bridgehead atoms. The lowest BCUT2D eigenvalue weighted by Crippen LogP contribution is -2.60. The van der Waals surface area contributed by atoms with Crippen molar-refractivity contribution in [3.8, 4) is 0 Å². The van der Waals surface area contributed by atoms with E-state index < -0.39 is 0 Å². The van der Waals surface area contributed by atoms with Crippen LogP contribution < -0.4 is 5.32 Å². The molecule has 1 aromatic heterocycles. The summed E-state index contributed by atoms with van der Waals surface area (Å²) >= 11 is 0. The molecule has 1 spiro atoms. The van der Waals surface area contributed by atoms with E-state index in [4.69, 9.17) is 9.15 Å². The lowest BCUT2D eigenvalue weighted by molar-refractivity contribution is -0.140. The smallest absolute Gasteiger partial charge is 0.190 e. The van der Waals surface area contributed by atoms with E-state index in [1.807, 2.05) is 0 Å². The maximum Gasteiger partial charge on any atom is 0.190 e. The fourth-order valence-corrected chi connectivity index (χ4v) is 5.66. The van der Waals surface area contributed by atoms with Gasteiger partial charge in [-0.1, -0.05) is 12.2 Å². The van der Waals surface area contributed by atoms with Gasteiger partial charge in [0.2, 0.25) is 0 Å². The number of nitrogens with zero attached hydrogens (tertiary/aromatic N) is 2. The largest absolute Gasteiger partial charge is 0.470 e. The summed E-state index contributed by atoms with van der Waals surface area (Å²) in [4.78, 5) is 5.03. The molecule has 0 radical (unpaired) electrons. The highest BCUT2D eigenvalue weighted by molar-refractivity contribution is 5.33. The van der Waals surface area contributed by atoms with Gasteiger partial charge in [-0.15, -0.1) is 0 Å². The molecule has 6 heterocycles. The molecule has 1 N–H and O–H groups in total. The van der Waals surface area contributed by atoms with E-state index in [-0.39, 0.29) is 5.60 Å². The van der Waals surface area contributed by atoms with Crippen LogP contribution in [0.4, 0.5) is 0 Å². The monoisotopic (exact) mass is 367 g/mol. The molecule has 144 valence electrons. The Hall–Kier alpha value is -1.72. The van der Waals surface area contributed by atoms with Gasteiger partial charge in [-0.05, 0) is 51.4 Å². The first-order valence-electron chi connectivity index (χ1n) is 10.6. The van der Waals surface area contributed by atoms with E-state index in [2.05, 4.69) is 46.4 Å². The van der Waals surface area contributed by atoms with Crippen LogP contribution in [-0.4, -0.2) is 48.1 Å². The zero-order chi connectivity index (χ0) is 18.0. The molecule has 1 saturated carbocycles. The van der Waals surface area contributed by atoms with Crippen molar-refractivity contribution in [2.45, 2.75) is 56.3 Å². The van der Waals surface area contributed by atoms with E-state index in [0.717, 1.165) is 62.5 Å². The summed E-state index contributed by atoms with van der Waals surface area (Å²) in [5.41, 5.74) is 1.33. The second kappa shape index (κ2) is 5.89. The molecule has 5 nitrogen and oxygen atoms in total. The molecule has 1 aromatic rings. The number of hydrogen-bond donors (Lipinski definition) is 1. The molecule has 6 aliphatic rings. The first-order chi connectivity index (χ1) is 13.2. The molecule has 5 aliphatic heterocycles. The van der Waals surface area contributed by atoms with Crippen LogP contribution in [0.3, 0.4) is 0 Å². The van der Waals surface area contributed by atoms with Crippen LogP contribution in [-0.2, 0) is 11.3 Å². The molecule has 0 aromatic carbocycles. The van der Waals surface area contributed by atoms with Crippen LogP contribution in [0.25, 0.3) is 0 Å². The van der Waals surface area contributed by atoms with Crippen LogP contribution in [0.1, 0.15) is 49.7 Å². The molecule has 0 amide bonds. The summed E-state index contributed by atoms with van der Waals surface area (Å²) in [6.45, 7) is 3.99. The van der Waals surface area contributed by atoms with Crippen LogP contribution in [0.5, 0.6) is 0 Å². The third-order valence-electron chi connectivity index (χ3n) is 7.30. The van der Waals surface area contributed by atoms with Crippen LogP contribution in [0, 0.1) is 5.92 Å². The summed E-state index contributed by atoms with van der Waals surface area (Å²) in [7, 11) is 2.21. The van der Waals surface area contributed by atoms with Gasteiger partial charge in [-0.2, -0.15) is 0 Å². The molecule has 4 atom stereocenters. The Bertz CT molecular complexity index is 808. The normalized spacial score (nSPS) is 37.0. The van der Waals surface area contributed by atoms with Gasteiger partial charge in [0.05, 0.1) is 12.6 Å². The van der Waals surface area contributed by atoms with Gasteiger partial charge in [0.1, 0.15) is 17.1 Å². The Balaban J connectivity index is 1.18. The number of dihydropyridines is 1. The van der Waals surface area contributed by atoms with E-state index in [0.29, 0.717) is 12.0 Å². The lowest BCUT2D eigenvalue weighted by Gasteiger charge is -2.54. The Morgan fingerprint density at radius 3 is 3.00 bits per heavy atom. The van der Waals surface area contributed by atoms with E-state index in [1.54, 1.807) is 0 Å². The van der Waals surface area contributed by atoms with Crippen molar-refractivity contribution in [1.82, 2.24) is 15.1 Å². The fraction of sp³-hybridized carbons (Fsp3) is 0.636. The van der Waals surface area contributed by atoms with E-state index in [9.17, 15) is 0 Å². The molecule has 3 unspecified atom stereocenters. The maximum atomic E-state index is 6.54. The van der Waals surface area contributed by atoms with Crippen LogP contribution in [0.15, 0.2) is 40.2 Å². The molecule has 5 heteroatoms. The molecule has 1 aliphatic carbocycles. The van der Waals surface area contributed by atoms with Gasteiger partial charge in [-0.3, -0.25) is 9.80 Å². The molecular formula is C22H29N3O2. The number of rotatable bonds is 4. The number of hydrogen-bond acceptors (Lipinski definition) is 5. The van der Waals surface area contributed by atoms with Crippen LogP contribution in [0.2, 0.25) is 0 Å². The Morgan fingerprint density at radius 1 is 1.30 bits per heavy atom. The van der Waals surface area contributed by atoms with Gasteiger partial charge in [0, 0.05) is 37.0 Å². The van der Waals surface area contributed by atoms with Gasteiger partial charge in [0.15, 0.2) is 5.88 Å². The summed E-state index contributed by atoms with van der Waals surface area (Å²) < 4.78 is 12.9. The predicted molar refractivity (Wildman–Crippen MR) is 103 cm³/mol. The number of piperidine rings is 3. The zero-order valence-electron chi connectivity index (χ0n) is 16.1. The number of nitrogens with one attached hydrogen (secondary N) is 1. The summed E-state index contributed by atoms with van der Waals surface area (Å²) in [6.07, 6.45) is 10.6. The minimum absolute atomic E-state index is 0.0251. The predicted octanol–water partition coefficient (Wildman–Crippen LogP) is 3.17. The minimum Gasteiger partial charge on any atom is -0.470 e. The standard InChI is InChI=1S/C22H29N3O2/c1-24(17-4-5-17)13-18-6-7-20(26-18)19-11-16-8-10-25(19)14-22(16)12-15-3-2-9-23-21(15)27-22/h2-3,6-7,16-17,19,23H,4-5,8-14H2,1H3/t16?,19?,22-/m0/s1.